The molecule has 1 aliphatic rings. The summed E-state index contributed by atoms with van der Waals surface area (Å²) in [5.41, 5.74) is 5.40. The Kier molecular flexibility index (Phi) is 4.36. The van der Waals surface area contributed by atoms with E-state index in [1.807, 2.05) is 0 Å². The highest BCUT2D eigenvalue weighted by atomic mass is 35.5. The van der Waals surface area contributed by atoms with Gasteiger partial charge in [0.1, 0.15) is 9.84 Å². The van der Waals surface area contributed by atoms with Crippen molar-refractivity contribution in [3.8, 4) is 0 Å². The van der Waals surface area contributed by atoms with Crippen LogP contribution >= 0.6 is 12.4 Å². The van der Waals surface area contributed by atoms with E-state index >= 15 is 0 Å². The van der Waals surface area contributed by atoms with Crippen molar-refractivity contribution in [2.45, 2.75) is 12.8 Å². The highest BCUT2D eigenvalue weighted by molar-refractivity contribution is 7.91. The number of rotatable bonds is 1. The summed E-state index contributed by atoms with van der Waals surface area (Å²) in [4.78, 5) is 0. The minimum absolute atomic E-state index is 0. The molecule has 1 saturated heterocycles. The molecule has 0 aromatic rings. The van der Waals surface area contributed by atoms with Gasteiger partial charge in [-0.15, -0.1) is 12.4 Å². The van der Waals surface area contributed by atoms with E-state index in [-0.39, 0.29) is 12.4 Å². The lowest BCUT2D eigenvalue weighted by molar-refractivity contribution is 0.474. The zero-order valence-corrected chi connectivity index (χ0v) is 7.96. The molecule has 0 aromatic carbocycles. The van der Waals surface area contributed by atoms with Crippen molar-refractivity contribution in [1.82, 2.24) is 0 Å². The van der Waals surface area contributed by atoms with Gasteiger partial charge in [-0.25, -0.2) is 8.42 Å². The monoisotopic (exact) mass is 199 g/mol. The third-order valence-electron chi connectivity index (χ3n) is 2.01. The molecule has 0 aliphatic carbocycles. The summed E-state index contributed by atoms with van der Waals surface area (Å²) < 4.78 is 21.7. The molecule has 1 rings (SSSR count). The van der Waals surface area contributed by atoms with Gasteiger partial charge in [0, 0.05) is 0 Å². The van der Waals surface area contributed by atoms with E-state index in [1.165, 1.54) is 0 Å². The van der Waals surface area contributed by atoms with Gasteiger partial charge < -0.3 is 5.73 Å². The normalized spacial score (nSPS) is 24.1. The van der Waals surface area contributed by atoms with E-state index in [0.717, 1.165) is 12.8 Å². The molecule has 0 atom stereocenters. The van der Waals surface area contributed by atoms with Crippen LogP contribution in [0.2, 0.25) is 0 Å². The summed E-state index contributed by atoms with van der Waals surface area (Å²) in [7, 11) is -2.68. The van der Waals surface area contributed by atoms with E-state index in [4.69, 9.17) is 5.73 Å². The van der Waals surface area contributed by atoms with Crippen LogP contribution in [-0.2, 0) is 9.84 Å². The molecule has 0 bridgehead atoms. The topological polar surface area (TPSA) is 60.2 Å². The molecule has 0 unspecified atom stereocenters. The first-order valence-corrected chi connectivity index (χ1v) is 5.37. The Labute approximate surface area is 73.7 Å². The van der Waals surface area contributed by atoms with Crippen LogP contribution < -0.4 is 5.73 Å². The van der Waals surface area contributed by atoms with Gasteiger partial charge in [-0.2, -0.15) is 0 Å². The summed E-state index contributed by atoms with van der Waals surface area (Å²) in [5.74, 6) is 1.13. The Morgan fingerprint density at radius 1 is 1.27 bits per heavy atom. The van der Waals surface area contributed by atoms with Crippen LogP contribution in [0.4, 0.5) is 0 Å². The lowest BCUT2D eigenvalue weighted by Gasteiger charge is -2.19. The first kappa shape index (κ1) is 11.2. The summed E-state index contributed by atoms with van der Waals surface area (Å²) in [6.45, 7) is 0.634. The molecule has 0 saturated carbocycles. The van der Waals surface area contributed by atoms with Crippen molar-refractivity contribution in [3.63, 3.8) is 0 Å². The number of hydrogen-bond donors (Lipinski definition) is 1. The van der Waals surface area contributed by atoms with Gasteiger partial charge in [-0.05, 0) is 25.3 Å². The molecule has 5 heteroatoms. The predicted octanol–water partition coefficient (Wildman–Crippen LogP) is 0.192. The molecule has 0 spiro atoms. The van der Waals surface area contributed by atoms with Crippen LogP contribution in [0.1, 0.15) is 12.8 Å². The van der Waals surface area contributed by atoms with Crippen LogP contribution in [0.5, 0.6) is 0 Å². The Hall–Kier alpha value is 0.200. The Bertz CT molecular complexity index is 189. The molecule has 2 N–H and O–H groups in total. The molecule has 68 valence electrons. The van der Waals surface area contributed by atoms with Crippen molar-refractivity contribution in [3.05, 3.63) is 0 Å². The Balaban J connectivity index is 0.000001000. The van der Waals surface area contributed by atoms with Crippen molar-refractivity contribution in [1.29, 1.82) is 0 Å². The molecular weight excluding hydrogens is 186 g/mol. The number of nitrogens with two attached hydrogens (primary N) is 1. The second kappa shape index (κ2) is 4.28. The standard InChI is InChI=1S/C6H13NO2S.ClH/c7-5-6-1-3-10(8,9)4-2-6;/h6H,1-5,7H2;1H. The summed E-state index contributed by atoms with van der Waals surface area (Å²) >= 11 is 0. The number of hydrogen-bond acceptors (Lipinski definition) is 3. The van der Waals surface area contributed by atoms with Gasteiger partial charge in [0.05, 0.1) is 11.5 Å². The molecule has 3 nitrogen and oxygen atoms in total. The first-order valence-electron chi connectivity index (χ1n) is 3.54. The fraction of sp³-hybridized carbons (Fsp3) is 1.00. The molecule has 0 aromatic heterocycles. The molecule has 11 heavy (non-hydrogen) atoms. The maximum absolute atomic E-state index is 10.9. The minimum atomic E-state index is -2.68. The zero-order chi connectivity index (χ0) is 7.61. The molecule has 1 fully saturated rings. The van der Waals surface area contributed by atoms with Crippen molar-refractivity contribution in [2.24, 2.45) is 11.7 Å². The molecular formula is C6H14ClNO2S. The van der Waals surface area contributed by atoms with E-state index in [0.29, 0.717) is 24.0 Å². The Morgan fingerprint density at radius 3 is 2.09 bits per heavy atom. The van der Waals surface area contributed by atoms with Crippen LogP contribution in [0.3, 0.4) is 0 Å². The maximum Gasteiger partial charge on any atom is 0.150 e. The van der Waals surface area contributed by atoms with Crippen LogP contribution in [0, 0.1) is 5.92 Å². The second-order valence-corrected chi connectivity index (χ2v) is 5.13. The maximum atomic E-state index is 10.9. The van der Waals surface area contributed by atoms with Gasteiger partial charge in [0.2, 0.25) is 0 Å². The molecule has 1 heterocycles. The van der Waals surface area contributed by atoms with Gasteiger partial charge in [0.25, 0.3) is 0 Å². The van der Waals surface area contributed by atoms with E-state index < -0.39 is 9.84 Å². The van der Waals surface area contributed by atoms with Gasteiger partial charge >= 0.3 is 0 Å². The highest BCUT2D eigenvalue weighted by Crippen LogP contribution is 2.16. The summed E-state index contributed by atoms with van der Waals surface area (Å²) in [6, 6.07) is 0. The van der Waals surface area contributed by atoms with E-state index in [1.54, 1.807) is 0 Å². The van der Waals surface area contributed by atoms with Gasteiger partial charge in [0.15, 0.2) is 0 Å². The highest BCUT2D eigenvalue weighted by Gasteiger charge is 2.21. The lowest BCUT2D eigenvalue weighted by Crippen LogP contribution is -2.27. The minimum Gasteiger partial charge on any atom is -0.330 e. The average molecular weight is 200 g/mol. The van der Waals surface area contributed by atoms with Crippen molar-refractivity contribution < 1.29 is 8.42 Å². The number of sulfone groups is 1. The van der Waals surface area contributed by atoms with Crippen LogP contribution in [0.15, 0.2) is 0 Å². The largest absolute Gasteiger partial charge is 0.330 e. The number of halogens is 1. The fourth-order valence-corrected chi connectivity index (χ4v) is 2.76. The third-order valence-corrected chi connectivity index (χ3v) is 3.72. The molecule has 0 radical (unpaired) electrons. The van der Waals surface area contributed by atoms with Gasteiger partial charge in [-0.3, -0.25) is 0 Å². The summed E-state index contributed by atoms with van der Waals surface area (Å²) in [6.07, 6.45) is 1.53. The van der Waals surface area contributed by atoms with Crippen LogP contribution in [0.25, 0.3) is 0 Å². The summed E-state index contributed by atoms with van der Waals surface area (Å²) in [5, 5.41) is 0. The Morgan fingerprint density at radius 2 is 1.73 bits per heavy atom. The van der Waals surface area contributed by atoms with E-state index in [2.05, 4.69) is 0 Å². The van der Waals surface area contributed by atoms with Crippen molar-refractivity contribution >= 4 is 22.2 Å². The van der Waals surface area contributed by atoms with Gasteiger partial charge in [-0.1, -0.05) is 0 Å². The third kappa shape index (κ3) is 3.40. The molecule has 1 aliphatic heterocycles. The molecule has 0 amide bonds. The first-order chi connectivity index (χ1) is 4.64. The second-order valence-electron chi connectivity index (χ2n) is 2.83. The fourth-order valence-electron chi connectivity index (χ4n) is 1.17. The SMILES string of the molecule is Cl.NCC1CCS(=O)(=O)CC1. The zero-order valence-electron chi connectivity index (χ0n) is 6.32. The van der Waals surface area contributed by atoms with Crippen molar-refractivity contribution in [2.75, 3.05) is 18.1 Å². The lowest BCUT2D eigenvalue weighted by atomic mass is 10.0. The average Bonchev–Trinajstić information content (AvgIpc) is 1.88. The quantitative estimate of drug-likeness (QED) is 0.656. The van der Waals surface area contributed by atoms with Crippen LogP contribution in [-0.4, -0.2) is 26.5 Å². The van der Waals surface area contributed by atoms with E-state index in [9.17, 15) is 8.42 Å². The predicted molar refractivity (Wildman–Crippen MR) is 47.7 cm³/mol. The smallest absolute Gasteiger partial charge is 0.150 e.